The van der Waals surface area contributed by atoms with Gasteiger partial charge in [0.05, 0.1) is 31.2 Å². The topological polar surface area (TPSA) is 59.1 Å². The number of hydrogen-bond acceptors (Lipinski definition) is 5. The quantitative estimate of drug-likeness (QED) is 0.813. The molecule has 3 rings (SSSR count). The van der Waals surface area contributed by atoms with Crippen molar-refractivity contribution in [2.45, 2.75) is 10.7 Å². The van der Waals surface area contributed by atoms with Crippen molar-refractivity contribution in [3.63, 3.8) is 0 Å². The van der Waals surface area contributed by atoms with Gasteiger partial charge in [-0.05, 0) is 24.3 Å². The summed E-state index contributed by atoms with van der Waals surface area (Å²) in [7, 11) is -0.315. The van der Waals surface area contributed by atoms with E-state index >= 15 is 0 Å². The second kappa shape index (κ2) is 4.70. The third kappa shape index (κ3) is 2.20. The number of rotatable bonds is 3. The predicted molar refractivity (Wildman–Crippen MR) is 74.2 cm³/mol. The zero-order valence-corrected chi connectivity index (χ0v) is 12.4. The van der Waals surface area contributed by atoms with E-state index in [1.165, 1.54) is 18.4 Å². The molecule has 0 N–H and O–H groups in total. The molecule has 2 aliphatic heterocycles. The average molecular weight is 298 g/mol. The van der Waals surface area contributed by atoms with E-state index < -0.39 is 15.8 Å². The van der Waals surface area contributed by atoms with Gasteiger partial charge < -0.3 is 14.4 Å². The van der Waals surface area contributed by atoms with Crippen molar-refractivity contribution in [1.82, 2.24) is 4.31 Å². The first kappa shape index (κ1) is 13.8. The normalized spacial score (nSPS) is 21.4. The molecule has 2 saturated heterocycles. The lowest BCUT2D eigenvalue weighted by atomic mass is 10.1. The first-order valence-corrected chi connectivity index (χ1v) is 7.92. The van der Waals surface area contributed by atoms with Crippen LogP contribution in [-0.2, 0) is 19.5 Å². The number of sulfonamides is 1. The lowest BCUT2D eigenvalue weighted by Crippen LogP contribution is -2.62. The molecule has 0 saturated carbocycles. The molecule has 2 fully saturated rings. The molecule has 1 spiro atoms. The molecule has 2 aliphatic rings. The molecule has 0 amide bonds. The summed E-state index contributed by atoms with van der Waals surface area (Å²) in [6, 6.07) is 6.90. The molecular formula is C13H18N2O4S. The minimum atomic E-state index is -3.36. The van der Waals surface area contributed by atoms with Gasteiger partial charge in [-0.15, -0.1) is 0 Å². The van der Waals surface area contributed by atoms with Crippen molar-refractivity contribution in [1.29, 1.82) is 0 Å². The van der Waals surface area contributed by atoms with Crippen LogP contribution in [0.2, 0.25) is 0 Å². The van der Waals surface area contributed by atoms with Gasteiger partial charge in [-0.3, -0.25) is 0 Å². The Balaban J connectivity index is 1.72. The fourth-order valence-corrected chi connectivity index (χ4v) is 3.34. The van der Waals surface area contributed by atoms with Gasteiger partial charge in [-0.2, -0.15) is 0 Å². The first-order chi connectivity index (χ1) is 9.43. The number of ether oxygens (including phenoxy) is 2. The SMILES string of the molecule is CN(C)S(=O)(=O)c1ccc(N2CC3(C2)OCCO3)cc1. The van der Waals surface area contributed by atoms with Gasteiger partial charge in [-0.1, -0.05) is 0 Å². The fourth-order valence-electron chi connectivity index (χ4n) is 2.44. The first-order valence-electron chi connectivity index (χ1n) is 6.48. The van der Waals surface area contributed by atoms with E-state index in [1.54, 1.807) is 12.1 Å². The maximum Gasteiger partial charge on any atom is 0.242 e. The minimum absolute atomic E-state index is 0.301. The molecule has 1 aromatic rings. The molecule has 0 aliphatic carbocycles. The molecule has 0 radical (unpaired) electrons. The standard InChI is InChI=1S/C13H18N2O4S/c1-14(2)20(16,17)12-5-3-11(4-6-12)15-9-13(10-15)18-7-8-19-13/h3-6H,7-10H2,1-2H3. The Bertz CT molecular complexity index is 583. The Morgan fingerprint density at radius 2 is 1.65 bits per heavy atom. The second-order valence-electron chi connectivity index (χ2n) is 5.24. The van der Waals surface area contributed by atoms with E-state index in [0.717, 1.165) is 5.69 Å². The highest BCUT2D eigenvalue weighted by molar-refractivity contribution is 7.89. The van der Waals surface area contributed by atoms with Crippen LogP contribution in [0.4, 0.5) is 5.69 Å². The van der Waals surface area contributed by atoms with E-state index in [2.05, 4.69) is 4.90 Å². The smallest absolute Gasteiger partial charge is 0.242 e. The second-order valence-corrected chi connectivity index (χ2v) is 7.40. The molecule has 7 heteroatoms. The minimum Gasteiger partial charge on any atom is -0.361 e. The molecule has 0 bridgehead atoms. The van der Waals surface area contributed by atoms with E-state index in [0.29, 0.717) is 31.2 Å². The Kier molecular flexibility index (Phi) is 3.24. The van der Waals surface area contributed by atoms with E-state index in [4.69, 9.17) is 9.47 Å². The summed E-state index contributed by atoms with van der Waals surface area (Å²) < 4.78 is 36.3. The van der Waals surface area contributed by atoms with Crippen LogP contribution in [0.25, 0.3) is 0 Å². The van der Waals surface area contributed by atoms with Crippen LogP contribution in [-0.4, -0.2) is 58.9 Å². The van der Waals surface area contributed by atoms with Crippen LogP contribution in [0.15, 0.2) is 29.2 Å². The highest BCUT2D eigenvalue weighted by Crippen LogP contribution is 2.34. The van der Waals surface area contributed by atoms with Crippen LogP contribution in [0, 0.1) is 0 Å². The number of nitrogens with zero attached hydrogens (tertiary/aromatic N) is 2. The maximum atomic E-state index is 12.0. The molecule has 0 atom stereocenters. The van der Waals surface area contributed by atoms with Crippen molar-refractivity contribution in [3.05, 3.63) is 24.3 Å². The lowest BCUT2D eigenvalue weighted by molar-refractivity contribution is -0.172. The summed E-state index contributed by atoms with van der Waals surface area (Å²) in [6.07, 6.45) is 0. The molecular weight excluding hydrogens is 280 g/mol. The van der Waals surface area contributed by atoms with Crippen molar-refractivity contribution in [3.8, 4) is 0 Å². The van der Waals surface area contributed by atoms with Gasteiger partial charge in [0.1, 0.15) is 0 Å². The highest BCUT2D eigenvalue weighted by Gasteiger charge is 2.48. The summed E-state index contributed by atoms with van der Waals surface area (Å²) in [5.41, 5.74) is 0.979. The zero-order chi connectivity index (χ0) is 14.4. The van der Waals surface area contributed by atoms with Crippen LogP contribution in [0.1, 0.15) is 0 Å². The van der Waals surface area contributed by atoms with E-state index in [1.807, 2.05) is 12.1 Å². The Morgan fingerprint density at radius 1 is 1.10 bits per heavy atom. The summed E-state index contributed by atoms with van der Waals surface area (Å²) >= 11 is 0. The van der Waals surface area contributed by atoms with Gasteiger partial charge in [-0.25, -0.2) is 12.7 Å². The molecule has 6 nitrogen and oxygen atoms in total. The zero-order valence-electron chi connectivity index (χ0n) is 11.6. The van der Waals surface area contributed by atoms with Crippen LogP contribution >= 0.6 is 0 Å². The van der Waals surface area contributed by atoms with Gasteiger partial charge in [0.2, 0.25) is 15.8 Å². The van der Waals surface area contributed by atoms with E-state index in [9.17, 15) is 8.42 Å². The lowest BCUT2D eigenvalue weighted by Gasteiger charge is -2.47. The predicted octanol–water partition coefficient (Wildman–Crippen LogP) is 0.500. The van der Waals surface area contributed by atoms with Crippen LogP contribution in [0.3, 0.4) is 0 Å². The number of hydrogen-bond donors (Lipinski definition) is 0. The largest absolute Gasteiger partial charge is 0.361 e. The third-order valence-electron chi connectivity index (χ3n) is 3.66. The molecule has 20 heavy (non-hydrogen) atoms. The van der Waals surface area contributed by atoms with Crippen molar-refractivity contribution in [2.75, 3.05) is 45.3 Å². The number of benzene rings is 1. The Morgan fingerprint density at radius 3 is 2.15 bits per heavy atom. The summed E-state index contributed by atoms with van der Waals surface area (Å²) in [6.45, 7) is 2.67. The monoisotopic (exact) mass is 298 g/mol. The van der Waals surface area contributed by atoms with Crippen molar-refractivity contribution < 1.29 is 17.9 Å². The molecule has 2 heterocycles. The molecule has 0 unspecified atom stereocenters. The van der Waals surface area contributed by atoms with Crippen molar-refractivity contribution in [2.24, 2.45) is 0 Å². The molecule has 1 aromatic carbocycles. The highest BCUT2D eigenvalue weighted by atomic mass is 32.2. The van der Waals surface area contributed by atoms with Gasteiger partial charge in [0.15, 0.2) is 0 Å². The molecule has 0 aromatic heterocycles. The van der Waals surface area contributed by atoms with Crippen LogP contribution in [0.5, 0.6) is 0 Å². The van der Waals surface area contributed by atoms with Gasteiger partial charge in [0.25, 0.3) is 0 Å². The van der Waals surface area contributed by atoms with Gasteiger partial charge >= 0.3 is 0 Å². The fraction of sp³-hybridized carbons (Fsp3) is 0.538. The van der Waals surface area contributed by atoms with E-state index in [-0.39, 0.29) is 0 Å². The average Bonchev–Trinajstić information content (AvgIpc) is 2.86. The third-order valence-corrected chi connectivity index (χ3v) is 5.49. The van der Waals surface area contributed by atoms with Crippen LogP contribution < -0.4 is 4.90 Å². The molecule has 110 valence electrons. The summed E-state index contributed by atoms with van der Waals surface area (Å²) in [5, 5.41) is 0. The van der Waals surface area contributed by atoms with Crippen molar-refractivity contribution >= 4 is 15.7 Å². The summed E-state index contributed by atoms with van der Waals surface area (Å²) in [4.78, 5) is 2.41. The van der Waals surface area contributed by atoms with Gasteiger partial charge in [0, 0.05) is 19.8 Å². The number of anilines is 1. The maximum absolute atomic E-state index is 12.0. The summed E-state index contributed by atoms with van der Waals surface area (Å²) in [5.74, 6) is -0.436. The Hall–Kier alpha value is -1.15. The Labute approximate surface area is 118 Å².